The predicted molar refractivity (Wildman–Crippen MR) is 111 cm³/mol. The lowest BCUT2D eigenvalue weighted by atomic mass is 10.1. The molecule has 1 amide bonds. The second kappa shape index (κ2) is 8.87. The molecule has 1 saturated heterocycles. The normalized spacial score (nSPS) is 22.9. The van der Waals surface area contributed by atoms with Gasteiger partial charge in [0, 0.05) is 25.6 Å². The third kappa shape index (κ3) is 4.73. The van der Waals surface area contributed by atoms with Crippen LogP contribution in [-0.2, 0) is 16.1 Å². The van der Waals surface area contributed by atoms with Gasteiger partial charge in [-0.25, -0.2) is 0 Å². The maximum Gasteiger partial charge on any atom is 0.226 e. The summed E-state index contributed by atoms with van der Waals surface area (Å²) >= 11 is 0. The summed E-state index contributed by atoms with van der Waals surface area (Å²) < 4.78 is 16.5. The van der Waals surface area contributed by atoms with Crippen LogP contribution in [0.1, 0.15) is 36.3 Å². The number of carbonyl (C=O) groups excluding carboxylic acids is 1. The maximum atomic E-state index is 13.4. The number of rotatable bonds is 8. The summed E-state index contributed by atoms with van der Waals surface area (Å²) in [4.78, 5) is 15.4. The Bertz CT molecular complexity index is 846. The van der Waals surface area contributed by atoms with Crippen molar-refractivity contribution in [2.75, 3.05) is 27.4 Å². The van der Waals surface area contributed by atoms with Crippen LogP contribution < -0.4 is 9.47 Å². The Morgan fingerprint density at radius 3 is 2.59 bits per heavy atom. The van der Waals surface area contributed by atoms with Gasteiger partial charge in [0.2, 0.25) is 5.91 Å². The Morgan fingerprint density at radius 2 is 1.86 bits per heavy atom. The molecule has 0 spiro atoms. The Morgan fingerprint density at radius 1 is 1.10 bits per heavy atom. The average molecular weight is 395 g/mol. The van der Waals surface area contributed by atoms with E-state index in [0.29, 0.717) is 13.1 Å². The van der Waals surface area contributed by atoms with Crippen molar-refractivity contribution in [1.82, 2.24) is 4.90 Å². The van der Waals surface area contributed by atoms with Gasteiger partial charge in [0.05, 0.1) is 20.3 Å². The molecule has 1 aliphatic heterocycles. The van der Waals surface area contributed by atoms with Crippen LogP contribution in [0.5, 0.6) is 11.5 Å². The Balaban J connectivity index is 1.48. The van der Waals surface area contributed by atoms with Crippen molar-refractivity contribution in [3.63, 3.8) is 0 Å². The summed E-state index contributed by atoms with van der Waals surface area (Å²) in [6.07, 6.45) is 3.12. The predicted octanol–water partition coefficient (Wildman–Crippen LogP) is 4.02. The second-order valence-electron chi connectivity index (χ2n) is 7.93. The van der Waals surface area contributed by atoms with Crippen LogP contribution in [0.15, 0.2) is 48.5 Å². The maximum absolute atomic E-state index is 13.4. The Labute approximate surface area is 172 Å². The molecule has 1 saturated carbocycles. The average Bonchev–Trinajstić information content (AvgIpc) is 3.40. The number of amides is 1. The minimum atomic E-state index is 0.0362. The van der Waals surface area contributed by atoms with E-state index in [1.54, 1.807) is 14.2 Å². The molecule has 0 aromatic heterocycles. The zero-order chi connectivity index (χ0) is 20.2. The highest BCUT2D eigenvalue weighted by Crippen LogP contribution is 2.49. The fourth-order valence-corrected chi connectivity index (χ4v) is 4.20. The van der Waals surface area contributed by atoms with Crippen LogP contribution in [0.4, 0.5) is 0 Å². The highest BCUT2D eigenvalue weighted by molar-refractivity contribution is 5.83. The molecule has 154 valence electrons. The number of nitrogens with zero attached hydrogens (tertiary/aromatic N) is 1. The second-order valence-corrected chi connectivity index (χ2v) is 7.93. The van der Waals surface area contributed by atoms with Crippen molar-refractivity contribution in [1.29, 1.82) is 0 Å². The fraction of sp³-hybridized carbons (Fsp3) is 0.458. The zero-order valence-corrected chi connectivity index (χ0v) is 17.2. The van der Waals surface area contributed by atoms with Gasteiger partial charge in [-0.2, -0.15) is 0 Å². The number of benzene rings is 2. The fourth-order valence-electron chi connectivity index (χ4n) is 4.20. The van der Waals surface area contributed by atoms with E-state index in [4.69, 9.17) is 14.2 Å². The zero-order valence-electron chi connectivity index (χ0n) is 17.2. The Hall–Kier alpha value is -2.53. The summed E-state index contributed by atoms with van der Waals surface area (Å²) in [5.41, 5.74) is 2.26. The van der Waals surface area contributed by atoms with Gasteiger partial charge in [0.25, 0.3) is 0 Å². The van der Waals surface area contributed by atoms with E-state index in [1.165, 1.54) is 5.56 Å². The van der Waals surface area contributed by atoms with Crippen molar-refractivity contribution in [3.05, 3.63) is 59.7 Å². The van der Waals surface area contributed by atoms with E-state index in [9.17, 15) is 4.79 Å². The topological polar surface area (TPSA) is 48.0 Å². The molecule has 2 aromatic carbocycles. The third-order valence-corrected chi connectivity index (χ3v) is 5.90. The molecule has 1 heterocycles. The molecule has 1 aliphatic carbocycles. The minimum absolute atomic E-state index is 0.0362. The molecular weight excluding hydrogens is 366 g/mol. The van der Waals surface area contributed by atoms with E-state index < -0.39 is 0 Å². The molecule has 29 heavy (non-hydrogen) atoms. The van der Waals surface area contributed by atoms with Crippen LogP contribution >= 0.6 is 0 Å². The Kier molecular flexibility index (Phi) is 6.05. The van der Waals surface area contributed by atoms with Gasteiger partial charge >= 0.3 is 0 Å². The van der Waals surface area contributed by atoms with Crippen LogP contribution in [0, 0.1) is 5.92 Å². The van der Waals surface area contributed by atoms with Crippen LogP contribution in [0.25, 0.3) is 0 Å². The molecular formula is C24H29NO4. The SMILES string of the molecule is COc1cccc(CN(CC2CCCO2)C(=O)C2CC2c2cccc(OC)c2)c1. The quantitative estimate of drug-likeness (QED) is 0.678. The van der Waals surface area contributed by atoms with Gasteiger partial charge in [0.15, 0.2) is 0 Å². The lowest BCUT2D eigenvalue weighted by Gasteiger charge is -2.26. The largest absolute Gasteiger partial charge is 0.497 e. The van der Waals surface area contributed by atoms with Gasteiger partial charge < -0.3 is 19.1 Å². The molecule has 3 unspecified atom stereocenters. The number of methoxy groups -OCH3 is 2. The lowest BCUT2D eigenvalue weighted by molar-refractivity contribution is -0.135. The third-order valence-electron chi connectivity index (χ3n) is 5.90. The van der Waals surface area contributed by atoms with Crippen LogP contribution in [-0.4, -0.2) is 44.3 Å². The first-order valence-electron chi connectivity index (χ1n) is 10.3. The van der Waals surface area contributed by atoms with E-state index in [2.05, 4.69) is 6.07 Å². The van der Waals surface area contributed by atoms with Crippen molar-refractivity contribution < 1.29 is 19.0 Å². The molecule has 2 aromatic rings. The van der Waals surface area contributed by atoms with Gasteiger partial charge in [-0.1, -0.05) is 24.3 Å². The van der Waals surface area contributed by atoms with E-state index in [-0.39, 0.29) is 23.8 Å². The molecule has 0 radical (unpaired) electrons. The van der Waals surface area contributed by atoms with Gasteiger partial charge in [-0.3, -0.25) is 4.79 Å². The molecule has 2 aliphatic rings. The van der Waals surface area contributed by atoms with Crippen LogP contribution in [0.2, 0.25) is 0 Å². The summed E-state index contributed by atoms with van der Waals surface area (Å²) in [6, 6.07) is 16.0. The van der Waals surface area contributed by atoms with Gasteiger partial charge in [0.1, 0.15) is 11.5 Å². The summed E-state index contributed by atoms with van der Waals surface area (Å²) in [5, 5.41) is 0. The number of carbonyl (C=O) groups is 1. The van der Waals surface area contributed by atoms with Crippen molar-refractivity contribution in [3.8, 4) is 11.5 Å². The van der Waals surface area contributed by atoms with Gasteiger partial charge in [-0.15, -0.1) is 0 Å². The summed E-state index contributed by atoms with van der Waals surface area (Å²) in [7, 11) is 3.34. The molecule has 5 nitrogen and oxygen atoms in total. The molecule has 2 fully saturated rings. The highest BCUT2D eigenvalue weighted by Gasteiger charge is 2.46. The monoisotopic (exact) mass is 395 g/mol. The number of hydrogen-bond donors (Lipinski definition) is 0. The molecule has 0 bridgehead atoms. The first kappa shape index (κ1) is 19.8. The van der Waals surface area contributed by atoms with Crippen molar-refractivity contribution in [2.24, 2.45) is 5.92 Å². The molecule has 0 N–H and O–H groups in total. The van der Waals surface area contributed by atoms with E-state index >= 15 is 0 Å². The lowest BCUT2D eigenvalue weighted by Crippen LogP contribution is -2.38. The highest BCUT2D eigenvalue weighted by atomic mass is 16.5. The van der Waals surface area contributed by atoms with Crippen molar-refractivity contribution >= 4 is 5.91 Å². The van der Waals surface area contributed by atoms with E-state index in [0.717, 1.165) is 42.9 Å². The smallest absolute Gasteiger partial charge is 0.226 e. The molecule has 4 rings (SSSR count). The molecule has 3 atom stereocenters. The molecule has 5 heteroatoms. The first-order chi connectivity index (χ1) is 14.2. The number of hydrogen-bond acceptors (Lipinski definition) is 4. The summed E-state index contributed by atoms with van der Waals surface area (Å²) in [5.74, 6) is 2.18. The van der Waals surface area contributed by atoms with Gasteiger partial charge in [-0.05, 0) is 60.6 Å². The summed E-state index contributed by atoms with van der Waals surface area (Å²) in [6.45, 7) is 2.02. The van der Waals surface area contributed by atoms with E-state index in [1.807, 2.05) is 47.4 Å². The first-order valence-corrected chi connectivity index (χ1v) is 10.3. The van der Waals surface area contributed by atoms with Crippen molar-refractivity contribution in [2.45, 2.75) is 37.8 Å². The standard InChI is InChI=1S/C24H29NO4/c1-27-19-8-3-6-17(12-19)15-25(16-21-10-5-11-29-21)24(26)23-14-22(23)18-7-4-9-20(13-18)28-2/h3-4,6-9,12-13,21-23H,5,10-11,14-16H2,1-2H3. The minimum Gasteiger partial charge on any atom is -0.497 e. The number of ether oxygens (including phenoxy) is 3. The van der Waals surface area contributed by atoms with Crippen LogP contribution in [0.3, 0.4) is 0 Å².